The first-order valence-corrected chi connectivity index (χ1v) is 5.66. The van der Waals surface area contributed by atoms with Gasteiger partial charge in [0.1, 0.15) is 6.07 Å². The van der Waals surface area contributed by atoms with Gasteiger partial charge in [-0.1, -0.05) is 0 Å². The van der Waals surface area contributed by atoms with Crippen LogP contribution in [-0.2, 0) is 0 Å². The lowest BCUT2D eigenvalue weighted by atomic mass is 10.1. The molecule has 16 heavy (non-hydrogen) atoms. The maximum atomic E-state index is 8.92. The van der Waals surface area contributed by atoms with Crippen LogP contribution in [0.3, 0.4) is 0 Å². The summed E-state index contributed by atoms with van der Waals surface area (Å²) < 4.78 is 0. The van der Waals surface area contributed by atoms with E-state index in [4.69, 9.17) is 5.26 Å². The molecule has 3 heteroatoms. The molecule has 82 valence electrons. The zero-order valence-corrected chi connectivity index (χ0v) is 9.26. The van der Waals surface area contributed by atoms with Gasteiger partial charge in [0.2, 0.25) is 0 Å². The van der Waals surface area contributed by atoms with Crippen molar-refractivity contribution in [3.63, 3.8) is 0 Å². The van der Waals surface area contributed by atoms with Crippen LogP contribution in [0.15, 0.2) is 24.7 Å². The van der Waals surface area contributed by atoms with Gasteiger partial charge in [0, 0.05) is 25.5 Å². The minimum absolute atomic E-state index is 0.635. The molecule has 0 saturated carbocycles. The number of nitriles is 1. The summed E-state index contributed by atoms with van der Waals surface area (Å²) in [5, 5.41) is 8.92. The second-order valence-corrected chi connectivity index (χ2v) is 3.99. The number of hydrogen-bond acceptors (Lipinski definition) is 3. The van der Waals surface area contributed by atoms with Gasteiger partial charge in [-0.25, -0.2) is 0 Å². The summed E-state index contributed by atoms with van der Waals surface area (Å²) in [5.74, 6) is 0. The molecule has 0 spiro atoms. The van der Waals surface area contributed by atoms with Crippen molar-refractivity contribution in [1.29, 1.82) is 5.26 Å². The quantitative estimate of drug-likeness (QED) is 0.757. The Morgan fingerprint density at radius 1 is 1.31 bits per heavy atom. The molecule has 0 aromatic carbocycles. The molecule has 2 heterocycles. The van der Waals surface area contributed by atoms with Crippen LogP contribution in [0.4, 0.5) is 0 Å². The van der Waals surface area contributed by atoms with E-state index >= 15 is 0 Å². The number of pyridine rings is 1. The fourth-order valence-corrected chi connectivity index (χ4v) is 1.90. The fraction of sp³-hybridized carbons (Fsp3) is 0.385. The van der Waals surface area contributed by atoms with Crippen LogP contribution in [-0.4, -0.2) is 23.0 Å². The summed E-state index contributed by atoms with van der Waals surface area (Å²) >= 11 is 0. The largest absolute Gasteiger partial charge is 0.377 e. The summed E-state index contributed by atoms with van der Waals surface area (Å²) in [6.45, 7) is 2.26. The average molecular weight is 213 g/mol. The predicted molar refractivity (Wildman–Crippen MR) is 63.4 cm³/mol. The van der Waals surface area contributed by atoms with Gasteiger partial charge in [-0.2, -0.15) is 5.26 Å². The molecule has 1 saturated heterocycles. The Hall–Kier alpha value is -1.82. The molecule has 0 unspecified atom stereocenters. The van der Waals surface area contributed by atoms with Gasteiger partial charge in [-0.05, 0) is 43.2 Å². The van der Waals surface area contributed by atoms with E-state index < -0.39 is 0 Å². The Balaban J connectivity index is 2.07. The second-order valence-electron chi connectivity index (χ2n) is 3.99. The van der Waals surface area contributed by atoms with Gasteiger partial charge < -0.3 is 4.90 Å². The van der Waals surface area contributed by atoms with Crippen LogP contribution in [0.25, 0.3) is 6.08 Å². The third-order valence-electron chi connectivity index (χ3n) is 2.83. The number of rotatable bonds is 2. The number of hydrogen-bond donors (Lipinski definition) is 0. The highest BCUT2D eigenvalue weighted by atomic mass is 15.1. The number of piperidine rings is 1. The first-order chi connectivity index (χ1) is 7.90. The normalized spacial score (nSPS) is 16.3. The maximum Gasteiger partial charge on any atom is 0.101 e. The van der Waals surface area contributed by atoms with Gasteiger partial charge >= 0.3 is 0 Å². The highest BCUT2D eigenvalue weighted by molar-refractivity contribution is 5.56. The van der Waals surface area contributed by atoms with Crippen molar-refractivity contribution in [2.45, 2.75) is 19.3 Å². The Bertz CT molecular complexity index is 411. The summed E-state index contributed by atoms with van der Waals surface area (Å²) in [7, 11) is 0. The lowest BCUT2D eigenvalue weighted by Crippen LogP contribution is -2.23. The predicted octanol–water partition coefficient (Wildman–Crippen LogP) is 2.41. The highest BCUT2D eigenvalue weighted by Crippen LogP contribution is 2.12. The summed E-state index contributed by atoms with van der Waals surface area (Å²) in [5.41, 5.74) is 1.58. The van der Waals surface area contributed by atoms with E-state index in [1.165, 1.54) is 19.3 Å². The van der Waals surface area contributed by atoms with Gasteiger partial charge in [-0.3, -0.25) is 4.98 Å². The summed E-state index contributed by atoms with van der Waals surface area (Å²) in [6, 6.07) is 4.03. The van der Waals surface area contributed by atoms with Crippen LogP contribution in [0.1, 0.15) is 30.4 Å². The van der Waals surface area contributed by atoms with Gasteiger partial charge in [0.15, 0.2) is 0 Å². The molecule has 1 aromatic rings. The second kappa shape index (κ2) is 5.32. The molecule has 1 fully saturated rings. The zero-order chi connectivity index (χ0) is 11.2. The molecule has 0 radical (unpaired) electrons. The third kappa shape index (κ3) is 2.60. The first-order valence-electron chi connectivity index (χ1n) is 5.66. The van der Waals surface area contributed by atoms with Crippen LogP contribution in [0, 0.1) is 11.3 Å². The van der Waals surface area contributed by atoms with Crippen LogP contribution in [0.2, 0.25) is 0 Å². The molecule has 2 rings (SSSR count). The number of likely N-dealkylation sites (tertiary alicyclic amines) is 1. The third-order valence-corrected chi connectivity index (χ3v) is 2.83. The van der Waals surface area contributed by atoms with Crippen molar-refractivity contribution in [1.82, 2.24) is 9.88 Å². The molecular formula is C13H15N3. The van der Waals surface area contributed by atoms with Crippen molar-refractivity contribution >= 4 is 6.08 Å². The summed E-state index contributed by atoms with van der Waals surface area (Å²) in [6.07, 6.45) is 11.3. The fourth-order valence-electron chi connectivity index (χ4n) is 1.90. The SMILES string of the molecule is N#Cc1cnccc1C=CN1CCCCC1. The highest BCUT2D eigenvalue weighted by Gasteiger charge is 2.05. The Morgan fingerprint density at radius 2 is 2.12 bits per heavy atom. The molecule has 0 bridgehead atoms. The van der Waals surface area contributed by atoms with E-state index in [0.29, 0.717) is 5.56 Å². The smallest absolute Gasteiger partial charge is 0.101 e. The van der Waals surface area contributed by atoms with Crippen molar-refractivity contribution in [3.8, 4) is 6.07 Å². The molecule has 0 atom stereocenters. The Morgan fingerprint density at radius 3 is 2.88 bits per heavy atom. The molecule has 1 aromatic heterocycles. The van der Waals surface area contributed by atoms with E-state index in [2.05, 4.69) is 22.2 Å². The van der Waals surface area contributed by atoms with Crippen LogP contribution >= 0.6 is 0 Å². The molecule has 1 aliphatic heterocycles. The van der Waals surface area contributed by atoms with Crippen LogP contribution < -0.4 is 0 Å². The van der Waals surface area contributed by atoms with Crippen molar-refractivity contribution in [2.24, 2.45) is 0 Å². The van der Waals surface area contributed by atoms with Gasteiger partial charge in [-0.15, -0.1) is 0 Å². The molecule has 1 aliphatic rings. The molecular weight excluding hydrogens is 198 g/mol. The first kappa shape index (κ1) is 10.7. The standard InChI is InChI=1S/C13H15N3/c14-10-13-11-15-6-4-12(13)5-9-16-7-2-1-3-8-16/h4-6,9,11H,1-3,7-8H2. The molecule has 0 N–H and O–H groups in total. The van der Waals surface area contributed by atoms with Crippen LogP contribution in [0.5, 0.6) is 0 Å². The van der Waals surface area contributed by atoms with Crippen molar-refractivity contribution < 1.29 is 0 Å². The number of nitrogens with zero attached hydrogens (tertiary/aromatic N) is 3. The topological polar surface area (TPSA) is 39.9 Å². The maximum absolute atomic E-state index is 8.92. The van der Waals surface area contributed by atoms with E-state index in [1.54, 1.807) is 12.4 Å². The van der Waals surface area contributed by atoms with E-state index in [9.17, 15) is 0 Å². The van der Waals surface area contributed by atoms with Gasteiger partial charge in [0.05, 0.1) is 5.56 Å². The van der Waals surface area contributed by atoms with Crippen molar-refractivity contribution in [2.75, 3.05) is 13.1 Å². The average Bonchev–Trinajstić information content (AvgIpc) is 2.38. The van der Waals surface area contributed by atoms with E-state index in [-0.39, 0.29) is 0 Å². The van der Waals surface area contributed by atoms with E-state index in [0.717, 1.165) is 18.7 Å². The minimum atomic E-state index is 0.635. The molecule has 3 nitrogen and oxygen atoms in total. The monoisotopic (exact) mass is 213 g/mol. The number of aromatic nitrogens is 1. The lowest BCUT2D eigenvalue weighted by molar-refractivity contribution is 0.311. The van der Waals surface area contributed by atoms with Crippen molar-refractivity contribution in [3.05, 3.63) is 35.8 Å². The zero-order valence-electron chi connectivity index (χ0n) is 9.26. The Kier molecular flexibility index (Phi) is 3.55. The lowest BCUT2D eigenvalue weighted by Gasteiger charge is -2.24. The van der Waals surface area contributed by atoms with Gasteiger partial charge in [0.25, 0.3) is 0 Å². The summed E-state index contributed by atoms with van der Waals surface area (Å²) in [4.78, 5) is 6.25. The minimum Gasteiger partial charge on any atom is -0.377 e. The van der Waals surface area contributed by atoms with E-state index in [1.807, 2.05) is 12.1 Å². The molecule has 0 aliphatic carbocycles. The molecule has 0 amide bonds. The Labute approximate surface area is 96.0 Å².